The Morgan fingerprint density at radius 2 is 1.84 bits per heavy atom. The highest BCUT2D eigenvalue weighted by Gasteiger charge is 2.35. The van der Waals surface area contributed by atoms with Gasteiger partial charge < -0.3 is 14.6 Å². The molecule has 3 aromatic heterocycles. The van der Waals surface area contributed by atoms with Gasteiger partial charge in [-0.2, -0.15) is 5.10 Å². The lowest BCUT2D eigenvalue weighted by molar-refractivity contribution is 0.0670. The average molecular weight is 497 g/mol. The van der Waals surface area contributed by atoms with Gasteiger partial charge in [0.15, 0.2) is 0 Å². The first kappa shape index (κ1) is 23.5. The normalized spacial score (nSPS) is 19.8. The molecule has 8 nitrogen and oxygen atoms in total. The van der Waals surface area contributed by atoms with Gasteiger partial charge >= 0.3 is 0 Å². The lowest BCUT2D eigenvalue weighted by Gasteiger charge is -2.39. The van der Waals surface area contributed by atoms with Gasteiger partial charge in [0.05, 0.1) is 11.3 Å². The van der Waals surface area contributed by atoms with Crippen LogP contribution in [-0.2, 0) is 7.05 Å². The summed E-state index contributed by atoms with van der Waals surface area (Å²) >= 11 is 0. The van der Waals surface area contributed by atoms with Crippen LogP contribution in [0.4, 0.5) is 0 Å². The van der Waals surface area contributed by atoms with Crippen molar-refractivity contribution in [3.05, 3.63) is 88.6 Å². The monoisotopic (exact) mass is 496 g/mol. The Kier molecular flexibility index (Phi) is 5.82. The molecule has 0 unspecified atom stereocenters. The van der Waals surface area contributed by atoms with Gasteiger partial charge in [0.2, 0.25) is 0 Å². The van der Waals surface area contributed by atoms with E-state index in [1.165, 1.54) is 0 Å². The highest BCUT2D eigenvalue weighted by atomic mass is 16.2. The Labute approximate surface area is 216 Å². The fourth-order valence-electron chi connectivity index (χ4n) is 5.54. The maximum Gasteiger partial charge on any atom is 0.269 e. The summed E-state index contributed by atoms with van der Waals surface area (Å²) in [6.07, 6.45) is 6.68. The number of fused-ring (bicyclic) bond motifs is 1. The second kappa shape index (κ2) is 9.18. The molecular weight excluding hydrogens is 464 g/mol. The zero-order valence-corrected chi connectivity index (χ0v) is 21.5. The Morgan fingerprint density at radius 3 is 2.59 bits per heavy atom. The van der Waals surface area contributed by atoms with E-state index >= 15 is 0 Å². The van der Waals surface area contributed by atoms with E-state index in [1.807, 2.05) is 72.9 Å². The van der Waals surface area contributed by atoms with E-state index in [0.29, 0.717) is 36.7 Å². The summed E-state index contributed by atoms with van der Waals surface area (Å²) in [5, 5.41) is 7.84. The van der Waals surface area contributed by atoms with Crippen LogP contribution in [0, 0.1) is 13.8 Å². The number of piperidine rings is 1. The smallest absolute Gasteiger partial charge is 0.269 e. The van der Waals surface area contributed by atoms with Crippen LogP contribution in [0.1, 0.15) is 74.5 Å². The van der Waals surface area contributed by atoms with Crippen LogP contribution in [0.25, 0.3) is 5.65 Å². The molecular formula is C29H32N6O2. The van der Waals surface area contributed by atoms with Crippen LogP contribution in [0.2, 0.25) is 0 Å². The lowest BCUT2D eigenvalue weighted by atomic mass is 9.85. The molecule has 37 heavy (non-hydrogen) atoms. The standard InChI is InChI=1S/C29H32N6O2/c1-18-13-22(16-35-19(2)15-30-27(18)35)29(37)34-12-11-24(23(17-34)20-7-5-4-6-8-20)31-28(36)26-14-25(21-9-10-21)32-33(26)3/h4-8,13-16,21,23-24H,9-12,17H2,1-3H3,(H,31,36)/t23-,24-/m1/s1. The van der Waals surface area contributed by atoms with Crippen molar-refractivity contribution >= 4 is 17.5 Å². The molecule has 190 valence electrons. The van der Waals surface area contributed by atoms with Crippen LogP contribution in [0.5, 0.6) is 0 Å². The SMILES string of the molecule is Cc1cc(C(=O)N2CC[C@@H](NC(=O)c3cc(C4CC4)nn3C)[C@@H](c3ccccc3)C2)cn2c(C)cnc12. The van der Waals surface area contributed by atoms with Gasteiger partial charge in [-0.1, -0.05) is 30.3 Å². The molecule has 1 saturated carbocycles. The molecule has 1 saturated heterocycles. The van der Waals surface area contributed by atoms with Crippen LogP contribution < -0.4 is 5.32 Å². The van der Waals surface area contributed by atoms with Crippen molar-refractivity contribution in [2.75, 3.05) is 13.1 Å². The number of nitrogens with zero attached hydrogens (tertiary/aromatic N) is 5. The first-order valence-corrected chi connectivity index (χ1v) is 13.0. The number of aromatic nitrogens is 4. The number of benzene rings is 1. The molecule has 0 bridgehead atoms. The molecule has 6 rings (SSSR count). The van der Waals surface area contributed by atoms with E-state index in [9.17, 15) is 9.59 Å². The molecule has 2 aliphatic rings. The highest BCUT2D eigenvalue weighted by molar-refractivity contribution is 5.95. The second-order valence-electron chi connectivity index (χ2n) is 10.5. The number of carbonyl (C=O) groups excluding carboxylic acids is 2. The molecule has 4 heterocycles. The van der Waals surface area contributed by atoms with Crippen molar-refractivity contribution in [3.63, 3.8) is 0 Å². The third-order valence-electron chi connectivity index (χ3n) is 7.79. The minimum Gasteiger partial charge on any atom is -0.347 e. The van der Waals surface area contributed by atoms with Gasteiger partial charge in [-0.25, -0.2) is 4.98 Å². The number of aryl methyl sites for hydroxylation is 3. The Balaban J connectivity index is 1.25. The van der Waals surface area contributed by atoms with E-state index in [2.05, 4.69) is 27.5 Å². The molecule has 2 fully saturated rings. The summed E-state index contributed by atoms with van der Waals surface area (Å²) in [6, 6.07) is 13.9. The van der Waals surface area contributed by atoms with Crippen molar-refractivity contribution in [2.45, 2.75) is 51.0 Å². The predicted octanol–water partition coefficient (Wildman–Crippen LogP) is 3.99. The molecule has 1 N–H and O–H groups in total. The highest BCUT2D eigenvalue weighted by Crippen LogP contribution is 2.39. The lowest BCUT2D eigenvalue weighted by Crippen LogP contribution is -2.51. The van der Waals surface area contributed by atoms with Gasteiger partial charge in [-0.05, 0) is 56.4 Å². The number of amides is 2. The van der Waals surface area contributed by atoms with Crippen molar-refractivity contribution in [3.8, 4) is 0 Å². The van der Waals surface area contributed by atoms with E-state index in [0.717, 1.165) is 41.0 Å². The molecule has 1 aliphatic heterocycles. The largest absolute Gasteiger partial charge is 0.347 e. The van der Waals surface area contributed by atoms with E-state index < -0.39 is 0 Å². The Hall–Kier alpha value is -3.94. The number of rotatable bonds is 5. The van der Waals surface area contributed by atoms with Crippen LogP contribution in [0.15, 0.2) is 54.9 Å². The minimum absolute atomic E-state index is 0.00418. The number of imidazole rings is 1. The zero-order valence-electron chi connectivity index (χ0n) is 21.5. The molecule has 0 spiro atoms. The summed E-state index contributed by atoms with van der Waals surface area (Å²) in [6.45, 7) is 5.08. The van der Waals surface area contributed by atoms with E-state index in [-0.39, 0.29) is 23.8 Å². The Morgan fingerprint density at radius 1 is 1.05 bits per heavy atom. The maximum absolute atomic E-state index is 13.7. The van der Waals surface area contributed by atoms with Crippen molar-refractivity contribution in [1.29, 1.82) is 0 Å². The molecule has 2 atom stereocenters. The molecule has 8 heteroatoms. The number of carbonyl (C=O) groups is 2. The number of nitrogens with one attached hydrogen (secondary N) is 1. The number of pyridine rings is 1. The Bertz CT molecular complexity index is 1480. The summed E-state index contributed by atoms with van der Waals surface area (Å²) in [5.41, 5.74) is 6.21. The fourth-order valence-corrected chi connectivity index (χ4v) is 5.54. The van der Waals surface area contributed by atoms with Crippen LogP contribution in [-0.4, -0.2) is 55.0 Å². The van der Waals surface area contributed by atoms with Crippen LogP contribution in [0.3, 0.4) is 0 Å². The number of likely N-dealkylation sites (tertiary alicyclic amines) is 1. The summed E-state index contributed by atoms with van der Waals surface area (Å²) in [4.78, 5) is 33.4. The molecule has 1 aliphatic carbocycles. The predicted molar refractivity (Wildman–Crippen MR) is 141 cm³/mol. The first-order chi connectivity index (χ1) is 17.9. The van der Waals surface area contributed by atoms with Crippen molar-refractivity contribution in [1.82, 2.24) is 29.4 Å². The summed E-state index contributed by atoms with van der Waals surface area (Å²) in [7, 11) is 1.83. The molecule has 4 aromatic rings. The molecule has 2 amide bonds. The van der Waals surface area contributed by atoms with Crippen LogP contribution >= 0.6 is 0 Å². The third kappa shape index (κ3) is 4.41. The van der Waals surface area contributed by atoms with Gasteiger partial charge in [0.25, 0.3) is 11.8 Å². The van der Waals surface area contributed by atoms with Crippen molar-refractivity contribution < 1.29 is 9.59 Å². The third-order valence-corrected chi connectivity index (χ3v) is 7.79. The van der Waals surface area contributed by atoms with E-state index in [1.54, 1.807) is 4.68 Å². The van der Waals surface area contributed by atoms with Gasteiger partial charge in [-0.15, -0.1) is 0 Å². The van der Waals surface area contributed by atoms with Crippen molar-refractivity contribution in [2.24, 2.45) is 7.05 Å². The summed E-state index contributed by atoms with van der Waals surface area (Å²) in [5.74, 6) is 0.376. The topological polar surface area (TPSA) is 84.5 Å². The van der Waals surface area contributed by atoms with Gasteiger partial charge in [-0.3, -0.25) is 14.3 Å². The number of hydrogen-bond donors (Lipinski definition) is 1. The molecule has 0 radical (unpaired) electrons. The number of hydrogen-bond acceptors (Lipinski definition) is 4. The zero-order chi connectivity index (χ0) is 25.7. The average Bonchev–Trinajstić information content (AvgIpc) is 3.58. The fraction of sp³-hybridized carbons (Fsp3) is 0.379. The van der Waals surface area contributed by atoms with Gasteiger partial charge in [0, 0.05) is 56.1 Å². The maximum atomic E-state index is 13.7. The second-order valence-corrected chi connectivity index (χ2v) is 10.5. The first-order valence-electron chi connectivity index (χ1n) is 13.0. The molecule has 1 aromatic carbocycles. The van der Waals surface area contributed by atoms with Gasteiger partial charge in [0.1, 0.15) is 11.3 Å². The van der Waals surface area contributed by atoms with E-state index in [4.69, 9.17) is 0 Å². The minimum atomic E-state index is -0.107. The summed E-state index contributed by atoms with van der Waals surface area (Å²) < 4.78 is 3.67. The quantitative estimate of drug-likeness (QED) is 0.453.